The zero-order valence-electron chi connectivity index (χ0n) is 11.5. The molecule has 1 heterocycles. The van der Waals surface area contributed by atoms with E-state index in [4.69, 9.17) is 5.11 Å². The molecule has 100 valence electrons. The minimum atomic E-state index is 0.129. The van der Waals surface area contributed by atoms with Crippen LogP contribution in [0.1, 0.15) is 24.0 Å². The number of piperidine rings is 1. The molecule has 1 unspecified atom stereocenters. The lowest BCUT2D eigenvalue weighted by Crippen LogP contribution is -2.44. The van der Waals surface area contributed by atoms with Crippen LogP contribution in [-0.2, 0) is 13.2 Å². The average Bonchev–Trinajstić information content (AvgIpc) is 2.39. The highest BCUT2D eigenvalue weighted by molar-refractivity contribution is 5.21. The molecule has 0 radical (unpaired) electrons. The first-order chi connectivity index (χ1) is 8.69. The number of nitrogens with zero attached hydrogens (tertiary/aromatic N) is 2. The first-order valence-electron chi connectivity index (χ1n) is 6.76. The third kappa shape index (κ3) is 3.55. The van der Waals surface area contributed by atoms with E-state index in [0.29, 0.717) is 6.04 Å². The second kappa shape index (κ2) is 6.32. The van der Waals surface area contributed by atoms with Crippen LogP contribution >= 0.6 is 0 Å². The number of aliphatic hydroxyl groups is 1. The Balaban J connectivity index is 1.91. The van der Waals surface area contributed by atoms with E-state index in [0.717, 1.165) is 12.1 Å². The monoisotopic (exact) mass is 248 g/mol. The van der Waals surface area contributed by atoms with Crippen molar-refractivity contribution in [3.05, 3.63) is 35.4 Å². The molecule has 18 heavy (non-hydrogen) atoms. The SMILES string of the molecule is CN1CCCC(N(C)Cc2ccc(CO)cc2)C1. The molecule has 1 aromatic carbocycles. The van der Waals surface area contributed by atoms with Crippen LogP contribution in [-0.4, -0.2) is 48.1 Å². The Morgan fingerprint density at radius 1 is 1.28 bits per heavy atom. The molecule has 2 rings (SSSR count). The van der Waals surface area contributed by atoms with Gasteiger partial charge < -0.3 is 10.0 Å². The molecule has 0 saturated carbocycles. The Kier molecular flexibility index (Phi) is 4.75. The van der Waals surface area contributed by atoms with Crippen LogP contribution in [0.15, 0.2) is 24.3 Å². The summed E-state index contributed by atoms with van der Waals surface area (Å²) in [5.74, 6) is 0. The summed E-state index contributed by atoms with van der Waals surface area (Å²) in [7, 11) is 4.42. The van der Waals surface area contributed by atoms with Gasteiger partial charge in [0, 0.05) is 19.1 Å². The predicted octanol–water partition coefficient (Wildman–Crippen LogP) is 1.70. The molecule has 0 aliphatic carbocycles. The Morgan fingerprint density at radius 3 is 2.56 bits per heavy atom. The number of benzene rings is 1. The van der Waals surface area contributed by atoms with Gasteiger partial charge in [-0.05, 0) is 44.6 Å². The summed E-state index contributed by atoms with van der Waals surface area (Å²) in [5, 5.41) is 9.03. The zero-order valence-corrected chi connectivity index (χ0v) is 11.5. The molecule has 1 aliphatic heterocycles. The minimum Gasteiger partial charge on any atom is -0.392 e. The second-order valence-electron chi connectivity index (χ2n) is 5.45. The molecular weight excluding hydrogens is 224 g/mol. The molecule has 3 nitrogen and oxygen atoms in total. The quantitative estimate of drug-likeness (QED) is 0.878. The fourth-order valence-electron chi connectivity index (χ4n) is 2.67. The van der Waals surface area contributed by atoms with Crippen LogP contribution in [0.4, 0.5) is 0 Å². The van der Waals surface area contributed by atoms with Crippen molar-refractivity contribution >= 4 is 0 Å². The van der Waals surface area contributed by atoms with Crippen LogP contribution in [0.5, 0.6) is 0 Å². The average molecular weight is 248 g/mol. The zero-order chi connectivity index (χ0) is 13.0. The van der Waals surface area contributed by atoms with E-state index in [1.807, 2.05) is 12.1 Å². The first-order valence-corrected chi connectivity index (χ1v) is 6.76. The van der Waals surface area contributed by atoms with E-state index >= 15 is 0 Å². The van der Waals surface area contributed by atoms with E-state index in [2.05, 4.69) is 36.0 Å². The summed E-state index contributed by atoms with van der Waals surface area (Å²) in [6.45, 7) is 3.52. The largest absolute Gasteiger partial charge is 0.392 e. The summed E-state index contributed by atoms with van der Waals surface area (Å²) in [6.07, 6.45) is 2.60. The highest BCUT2D eigenvalue weighted by Gasteiger charge is 2.20. The first kappa shape index (κ1) is 13.5. The van der Waals surface area contributed by atoms with Crippen molar-refractivity contribution < 1.29 is 5.11 Å². The Bertz CT molecular complexity index is 363. The number of rotatable bonds is 4. The van der Waals surface area contributed by atoms with Gasteiger partial charge in [0.15, 0.2) is 0 Å². The van der Waals surface area contributed by atoms with E-state index in [1.54, 1.807) is 0 Å². The molecule has 0 spiro atoms. The van der Waals surface area contributed by atoms with E-state index in [9.17, 15) is 0 Å². The lowest BCUT2D eigenvalue weighted by molar-refractivity contribution is 0.129. The number of likely N-dealkylation sites (tertiary alicyclic amines) is 1. The highest BCUT2D eigenvalue weighted by Crippen LogP contribution is 2.16. The Hall–Kier alpha value is -0.900. The van der Waals surface area contributed by atoms with Crippen molar-refractivity contribution in [1.82, 2.24) is 9.80 Å². The fourth-order valence-corrected chi connectivity index (χ4v) is 2.67. The smallest absolute Gasteiger partial charge is 0.0681 e. The molecule has 0 bridgehead atoms. The summed E-state index contributed by atoms with van der Waals surface area (Å²) in [5.41, 5.74) is 2.31. The third-order valence-electron chi connectivity index (χ3n) is 3.86. The normalized spacial score (nSPS) is 21.4. The van der Waals surface area contributed by atoms with Crippen molar-refractivity contribution in [3.63, 3.8) is 0 Å². The summed E-state index contributed by atoms with van der Waals surface area (Å²) < 4.78 is 0. The molecule has 1 N–H and O–H groups in total. The lowest BCUT2D eigenvalue weighted by Gasteiger charge is -2.35. The maximum atomic E-state index is 9.03. The van der Waals surface area contributed by atoms with E-state index in [1.165, 1.54) is 31.5 Å². The van der Waals surface area contributed by atoms with Gasteiger partial charge in [0.25, 0.3) is 0 Å². The minimum absolute atomic E-state index is 0.129. The maximum Gasteiger partial charge on any atom is 0.0681 e. The molecule has 1 aromatic rings. The van der Waals surface area contributed by atoms with E-state index in [-0.39, 0.29) is 6.61 Å². The van der Waals surface area contributed by atoms with Crippen molar-refractivity contribution in [2.24, 2.45) is 0 Å². The second-order valence-corrected chi connectivity index (χ2v) is 5.45. The van der Waals surface area contributed by atoms with E-state index < -0.39 is 0 Å². The number of likely N-dealkylation sites (N-methyl/N-ethyl adjacent to an activating group) is 2. The molecule has 1 saturated heterocycles. The lowest BCUT2D eigenvalue weighted by atomic mass is 10.0. The molecule has 3 heteroatoms. The van der Waals surface area contributed by atoms with Gasteiger partial charge in [-0.2, -0.15) is 0 Å². The molecule has 0 amide bonds. The number of aliphatic hydroxyl groups excluding tert-OH is 1. The summed E-state index contributed by atoms with van der Waals surface area (Å²) in [6, 6.07) is 8.93. The van der Waals surface area contributed by atoms with Crippen molar-refractivity contribution in [2.45, 2.75) is 32.0 Å². The Labute approximate surface area is 110 Å². The highest BCUT2D eigenvalue weighted by atomic mass is 16.3. The molecule has 1 aliphatic rings. The van der Waals surface area contributed by atoms with Crippen LogP contribution in [0.2, 0.25) is 0 Å². The van der Waals surface area contributed by atoms with Gasteiger partial charge in [0.05, 0.1) is 6.61 Å². The predicted molar refractivity (Wildman–Crippen MR) is 74.4 cm³/mol. The molecule has 0 aromatic heterocycles. The number of hydrogen-bond acceptors (Lipinski definition) is 3. The number of hydrogen-bond donors (Lipinski definition) is 1. The third-order valence-corrected chi connectivity index (χ3v) is 3.86. The van der Waals surface area contributed by atoms with Crippen LogP contribution < -0.4 is 0 Å². The van der Waals surface area contributed by atoms with Gasteiger partial charge >= 0.3 is 0 Å². The Morgan fingerprint density at radius 2 is 1.94 bits per heavy atom. The van der Waals surface area contributed by atoms with Crippen LogP contribution in [0.25, 0.3) is 0 Å². The molecular formula is C15H24N2O. The van der Waals surface area contributed by atoms with Gasteiger partial charge in [-0.3, -0.25) is 4.90 Å². The standard InChI is InChI=1S/C15H24N2O/c1-16-9-3-4-15(11-16)17(2)10-13-5-7-14(12-18)8-6-13/h5-8,15,18H,3-4,9-12H2,1-2H3. The van der Waals surface area contributed by atoms with Gasteiger partial charge in [-0.15, -0.1) is 0 Å². The molecule has 1 fully saturated rings. The fraction of sp³-hybridized carbons (Fsp3) is 0.600. The van der Waals surface area contributed by atoms with Gasteiger partial charge in [0.1, 0.15) is 0 Å². The van der Waals surface area contributed by atoms with Gasteiger partial charge in [-0.1, -0.05) is 24.3 Å². The van der Waals surface area contributed by atoms with Crippen molar-refractivity contribution in [3.8, 4) is 0 Å². The topological polar surface area (TPSA) is 26.7 Å². The van der Waals surface area contributed by atoms with Gasteiger partial charge in [-0.25, -0.2) is 0 Å². The van der Waals surface area contributed by atoms with Crippen LogP contribution in [0, 0.1) is 0 Å². The molecule has 1 atom stereocenters. The summed E-state index contributed by atoms with van der Waals surface area (Å²) >= 11 is 0. The maximum absolute atomic E-state index is 9.03. The van der Waals surface area contributed by atoms with Crippen molar-refractivity contribution in [1.29, 1.82) is 0 Å². The van der Waals surface area contributed by atoms with Crippen molar-refractivity contribution in [2.75, 3.05) is 27.2 Å². The van der Waals surface area contributed by atoms with Crippen LogP contribution in [0.3, 0.4) is 0 Å². The van der Waals surface area contributed by atoms with Gasteiger partial charge in [0.2, 0.25) is 0 Å². The summed E-state index contributed by atoms with van der Waals surface area (Å²) in [4.78, 5) is 4.86.